The fraction of sp³-hybridized carbons (Fsp3) is 0.429. The van der Waals surface area contributed by atoms with Gasteiger partial charge >= 0.3 is 0 Å². The van der Waals surface area contributed by atoms with Crippen molar-refractivity contribution < 1.29 is 0 Å². The molecule has 100 valence electrons. The van der Waals surface area contributed by atoms with Crippen molar-refractivity contribution in [2.24, 2.45) is 0 Å². The maximum atomic E-state index is 5.88. The van der Waals surface area contributed by atoms with Gasteiger partial charge in [-0.25, -0.2) is 4.68 Å². The van der Waals surface area contributed by atoms with E-state index in [1.807, 2.05) is 16.4 Å². The number of rotatable bonds is 4. The van der Waals surface area contributed by atoms with Gasteiger partial charge < -0.3 is 5.73 Å². The minimum atomic E-state index is 0.536. The summed E-state index contributed by atoms with van der Waals surface area (Å²) in [5.74, 6) is 0.586. The van der Waals surface area contributed by atoms with E-state index in [4.69, 9.17) is 5.73 Å². The van der Waals surface area contributed by atoms with Crippen LogP contribution < -0.4 is 5.73 Å². The van der Waals surface area contributed by atoms with Crippen molar-refractivity contribution in [2.75, 3.05) is 5.73 Å². The first kappa shape index (κ1) is 12.5. The van der Waals surface area contributed by atoms with Crippen molar-refractivity contribution in [3.63, 3.8) is 0 Å². The molecular formula is C14H18N4S. The first-order valence-corrected chi connectivity index (χ1v) is 7.58. The summed E-state index contributed by atoms with van der Waals surface area (Å²) < 4.78 is 1.99. The number of hydrogen-bond acceptors (Lipinski definition) is 4. The third-order valence-corrected chi connectivity index (χ3v) is 4.75. The lowest BCUT2D eigenvalue weighted by Gasteiger charge is -2.10. The molecule has 2 N–H and O–H groups in total. The van der Waals surface area contributed by atoms with Crippen molar-refractivity contribution in [2.45, 2.75) is 42.9 Å². The van der Waals surface area contributed by atoms with E-state index in [1.165, 1.54) is 10.5 Å². The smallest absolute Gasteiger partial charge is 0.169 e. The average molecular weight is 274 g/mol. The van der Waals surface area contributed by atoms with E-state index in [0.29, 0.717) is 11.1 Å². The maximum Gasteiger partial charge on any atom is 0.169 e. The normalized spacial score (nSPS) is 17.6. The molecule has 0 radical (unpaired) electrons. The van der Waals surface area contributed by atoms with Gasteiger partial charge in [-0.05, 0) is 24.5 Å². The van der Waals surface area contributed by atoms with Crippen LogP contribution in [0.1, 0.15) is 24.6 Å². The lowest BCUT2D eigenvalue weighted by atomic mass is 10.1. The highest BCUT2D eigenvalue weighted by Crippen LogP contribution is 2.37. The SMILES string of the molecule is CCCc1c(N)nnn1CC1Cc2ccccc2S1. The number of nitrogens with zero attached hydrogens (tertiary/aromatic N) is 3. The monoisotopic (exact) mass is 274 g/mol. The molecule has 3 rings (SSSR count). The number of aromatic nitrogens is 3. The minimum absolute atomic E-state index is 0.536. The van der Waals surface area contributed by atoms with Gasteiger partial charge in [0.1, 0.15) is 0 Å². The van der Waals surface area contributed by atoms with E-state index >= 15 is 0 Å². The Hall–Kier alpha value is -1.49. The van der Waals surface area contributed by atoms with Crippen molar-refractivity contribution in [1.82, 2.24) is 15.0 Å². The van der Waals surface area contributed by atoms with Crippen molar-refractivity contribution in [3.8, 4) is 0 Å². The molecule has 1 atom stereocenters. The third kappa shape index (κ3) is 2.47. The van der Waals surface area contributed by atoms with E-state index in [1.54, 1.807) is 0 Å². The van der Waals surface area contributed by atoms with E-state index in [0.717, 1.165) is 31.5 Å². The Bertz CT molecular complexity index is 554. The molecule has 19 heavy (non-hydrogen) atoms. The van der Waals surface area contributed by atoms with Crippen LogP contribution in [0.2, 0.25) is 0 Å². The van der Waals surface area contributed by atoms with Gasteiger partial charge in [0.25, 0.3) is 0 Å². The number of hydrogen-bond donors (Lipinski definition) is 1. The topological polar surface area (TPSA) is 56.7 Å². The van der Waals surface area contributed by atoms with Crippen LogP contribution in [0.25, 0.3) is 0 Å². The number of nitrogens with two attached hydrogens (primary N) is 1. The van der Waals surface area contributed by atoms with Gasteiger partial charge in [0.2, 0.25) is 0 Å². The highest BCUT2D eigenvalue weighted by Gasteiger charge is 2.23. The predicted molar refractivity (Wildman–Crippen MR) is 78.2 cm³/mol. The van der Waals surface area contributed by atoms with Crippen molar-refractivity contribution >= 4 is 17.6 Å². The van der Waals surface area contributed by atoms with Crippen LogP contribution in [0.15, 0.2) is 29.2 Å². The zero-order valence-corrected chi connectivity index (χ0v) is 11.9. The number of nitrogen functional groups attached to an aromatic ring is 1. The van der Waals surface area contributed by atoms with Gasteiger partial charge in [-0.15, -0.1) is 16.9 Å². The second kappa shape index (κ2) is 5.25. The van der Waals surface area contributed by atoms with Gasteiger partial charge in [-0.3, -0.25) is 0 Å². The second-order valence-electron chi connectivity index (χ2n) is 4.91. The quantitative estimate of drug-likeness (QED) is 0.931. The van der Waals surface area contributed by atoms with Crippen LogP contribution in [0, 0.1) is 0 Å². The van der Waals surface area contributed by atoms with Crippen LogP contribution in [0.3, 0.4) is 0 Å². The zero-order valence-electron chi connectivity index (χ0n) is 11.0. The molecule has 4 nitrogen and oxygen atoms in total. The van der Waals surface area contributed by atoms with Crippen LogP contribution in [0.5, 0.6) is 0 Å². The Balaban J connectivity index is 1.74. The van der Waals surface area contributed by atoms with Gasteiger partial charge in [0, 0.05) is 10.1 Å². The summed E-state index contributed by atoms with van der Waals surface area (Å²) in [6, 6.07) is 8.62. The van der Waals surface area contributed by atoms with Crippen LogP contribution in [0.4, 0.5) is 5.82 Å². The molecule has 1 aromatic heterocycles. The molecule has 0 fully saturated rings. The Morgan fingerprint density at radius 1 is 1.42 bits per heavy atom. The lowest BCUT2D eigenvalue weighted by molar-refractivity contribution is 0.548. The summed E-state index contributed by atoms with van der Waals surface area (Å²) >= 11 is 1.94. The Labute approximate surface area is 117 Å². The van der Waals surface area contributed by atoms with Gasteiger partial charge in [0.05, 0.1) is 12.2 Å². The summed E-state index contributed by atoms with van der Waals surface area (Å²) in [5.41, 5.74) is 8.41. The van der Waals surface area contributed by atoms with Gasteiger partial charge in [0.15, 0.2) is 5.82 Å². The van der Waals surface area contributed by atoms with Crippen molar-refractivity contribution in [3.05, 3.63) is 35.5 Å². The van der Waals surface area contributed by atoms with E-state index in [-0.39, 0.29) is 0 Å². The number of anilines is 1. The predicted octanol–water partition coefficient (Wildman–Crippen LogP) is 2.53. The molecular weight excluding hydrogens is 256 g/mol. The fourth-order valence-electron chi connectivity index (χ4n) is 2.54. The summed E-state index contributed by atoms with van der Waals surface area (Å²) in [6.45, 7) is 3.04. The lowest BCUT2D eigenvalue weighted by Crippen LogP contribution is -2.16. The standard InChI is InChI=1S/C14H18N4S/c1-2-5-12-14(15)16-17-18(12)9-11-8-10-6-3-4-7-13(10)19-11/h3-4,6-7,11H,2,5,8-9,15H2,1H3. The molecule has 1 aliphatic heterocycles. The van der Waals surface area contributed by atoms with E-state index in [2.05, 4.69) is 41.5 Å². The zero-order chi connectivity index (χ0) is 13.2. The fourth-order valence-corrected chi connectivity index (χ4v) is 3.83. The second-order valence-corrected chi connectivity index (χ2v) is 6.25. The molecule has 1 aromatic carbocycles. The number of thioether (sulfide) groups is 1. The number of benzene rings is 1. The molecule has 0 spiro atoms. The molecule has 2 aromatic rings. The van der Waals surface area contributed by atoms with Crippen molar-refractivity contribution in [1.29, 1.82) is 0 Å². The van der Waals surface area contributed by atoms with E-state index in [9.17, 15) is 0 Å². The Morgan fingerprint density at radius 3 is 3.05 bits per heavy atom. The molecule has 5 heteroatoms. The first-order valence-electron chi connectivity index (χ1n) is 6.70. The summed E-state index contributed by atoms with van der Waals surface area (Å²) in [4.78, 5) is 1.40. The largest absolute Gasteiger partial charge is 0.381 e. The molecule has 2 heterocycles. The Morgan fingerprint density at radius 2 is 2.26 bits per heavy atom. The first-order chi connectivity index (χ1) is 9.28. The molecule has 0 saturated heterocycles. The summed E-state index contributed by atoms with van der Waals surface area (Å²) in [5, 5.41) is 8.73. The van der Waals surface area contributed by atoms with Crippen LogP contribution in [-0.2, 0) is 19.4 Å². The van der Waals surface area contributed by atoms with E-state index < -0.39 is 0 Å². The summed E-state index contributed by atoms with van der Waals surface area (Å²) in [7, 11) is 0. The molecule has 0 aliphatic carbocycles. The molecule has 1 aliphatic rings. The minimum Gasteiger partial charge on any atom is -0.381 e. The highest BCUT2D eigenvalue weighted by atomic mass is 32.2. The molecule has 1 unspecified atom stereocenters. The average Bonchev–Trinajstić information content (AvgIpc) is 2.96. The number of fused-ring (bicyclic) bond motifs is 1. The molecule has 0 saturated carbocycles. The van der Waals surface area contributed by atoms with Crippen LogP contribution in [-0.4, -0.2) is 20.2 Å². The highest BCUT2D eigenvalue weighted by molar-refractivity contribution is 8.00. The third-order valence-electron chi connectivity index (χ3n) is 3.44. The molecule has 0 amide bonds. The van der Waals surface area contributed by atoms with Gasteiger partial charge in [-0.1, -0.05) is 36.8 Å². The maximum absolute atomic E-state index is 5.88. The van der Waals surface area contributed by atoms with Gasteiger partial charge in [-0.2, -0.15) is 0 Å². The van der Waals surface area contributed by atoms with Crippen LogP contribution >= 0.6 is 11.8 Å². The summed E-state index contributed by atoms with van der Waals surface area (Å²) in [6.07, 6.45) is 3.12. The molecule has 0 bridgehead atoms. The Kier molecular flexibility index (Phi) is 3.46.